The summed E-state index contributed by atoms with van der Waals surface area (Å²) in [5, 5.41) is 1.90. The van der Waals surface area contributed by atoms with Gasteiger partial charge in [-0.25, -0.2) is 0 Å². The molecule has 5 aliphatic rings. The van der Waals surface area contributed by atoms with Crippen LogP contribution in [0.3, 0.4) is 0 Å². The molecule has 3 saturated carbocycles. The Kier molecular flexibility index (Phi) is 6.31. The molecule has 184 valence electrons. The average molecular weight is 535 g/mol. The molecular weight excluding hydrogens is 507 g/mol. The molecule has 0 aromatic carbocycles. The topological polar surface area (TPSA) is 142 Å². The van der Waals surface area contributed by atoms with Crippen LogP contribution in [0.25, 0.3) is 0 Å². The van der Waals surface area contributed by atoms with E-state index in [-0.39, 0.29) is 36.4 Å². The summed E-state index contributed by atoms with van der Waals surface area (Å²) < 4.78 is 81.3. The van der Waals surface area contributed by atoms with Crippen molar-refractivity contribution in [3.63, 3.8) is 0 Å². The SMILES string of the molecule is O=S(=O)(O)C1CCC2NC3CC4OC5CC(Cl)C(Cl)CC5N(S(=O)(=O)O)C4CC3OC2C1. The Hall–Kier alpha value is 0.240. The molecule has 5 fully saturated rings. The largest absolute Gasteiger partial charge is 0.372 e. The first kappa shape index (κ1) is 24.0. The van der Waals surface area contributed by atoms with Gasteiger partial charge in [-0.3, -0.25) is 9.11 Å². The molecule has 0 aromatic heterocycles. The summed E-state index contributed by atoms with van der Waals surface area (Å²) in [6.45, 7) is 0. The molecule has 0 bridgehead atoms. The van der Waals surface area contributed by atoms with E-state index < -0.39 is 61.4 Å². The fourth-order valence-electron chi connectivity index (χ4n) is 6.34. The molecule has 0 aromatic rings. The average Bonchev–Trinajstić information content (AvgIpc) is 2.68. The molecule has 2 heterocycles. The van der Waals surface area contributed by atoms with Gasteiger partial charge >= 0.3 is 10.3 Å². The second-order valence-electron chi connectivity index (χ2n) is 9.67. The van der Waals surface area contributed by atoms with Crippen molar-refractivity contribution in [2.24, 2.45) is 0 Å². The van der Waals surface area contributed by atoms with E-state index in [1.807, 2.05) is 0 Å². The monoisotopic (exact) mass is 534 g/mol. The Morgan fingerprint density at radius 3 is 2.03 bits per heavy atom. The van der Waals surface area contributed by atoms with Crippen LogP contribution in [-0.2, 0) is 29.9 Å². The molecule has 10 nitrogen and oxygen atoms in total. The van der Waals surface area contributed by atoms with Crippen LogP contribution in [0.4, 0.5) is 0 Å². The number of halogens is 2. The van der Waals surface area contributed by atoms with Crippen molar-refractivity contribution in [1.82, 2.24) is 9.62 Å². The molecule has 0 spiro atoms. The summed E-state index contributed by atoms with van der Waals surface area (Å²) >= 11 is 12.6. The smallest absolute Gasteiger partial charge is 0.336 e. The van der Waals surface area contributed by atoms with Crippen LogP contribution in [0.2, 0.25) is 0 Å². The third-order valence-electron chi connectivity index (χ3n) is 7.80. The van der Waals surface area contributed by atoms with Crippen LogP contribution in [0.15, 0.2) is 0 Å². The van der Waals surface area contributed by atoms with Gasteiger partial charge < -0.3 is 14.8 Å². The normalized spacial score (nSPS) is 49.9. The van der Waals surface area contributed by atoms with Crippen LogP contribution in [0.5, 0.6) is 0 Å². The molecule has 11 atom stereocenters. The van der Waals surface area contributed by atoms with E-state index in [1.165, 1.54) is 0 Å². The predicted octanol–water partition coefficient (Wildman–Crippen LogP) is 0.933. The molecule has 5 rings (SSSR count). The maximum atomic E-state index is 12.4. The molecule has 32 heavy (non-hydrogen) atoms. The van der Waals surface area contributed by atoms with Gasteiger partial charge in [-0.05, 0) is 44.9 Å². The van der Waals surface area contributed by atoms with E-state index in [0.717, 1.165) is 4.31 Å². The van der Waals surface area contributed by atoms with Crippen molar-refractivity contribution in [2.75, 3.05) is 0 Å². The highest BCUT2D eigenvalue weighted by atomic mass is 35.5. The number of nitrogens with one attached hydrogen (secondary N) is 1. The summed E-state index contributed by atoms with van der Waals surface area (Å²) in [7, 11) is -8.68. The number of fused-ring (bicyclic) bond motifs is 4. The van der Waals surface area contributed by atoms with Gasteiger partial charge in [0.1, 0.15) is 0 Å². The zero-order chi connectivity index (χ0) is 23.0. The molecular formula is C18H28Cl2N2O8S2. The molecule has 3 N–H and O–H groups in total. The Morgan fingerprint density at radius 2 is 1.34 bits per heavy atom. The molecule has 11 unspecified atom stereocenters. The molecule has 0 radical (unpaired) electrons. The predicted molar refractivity (Wildman–Crippen MR) is 116 cm³/mol. The van der Waals surface area contributed by atoms with E-state index in [4.69, 9.17) is 32.7 Å². The number of alkyl halides is 2. The summed E-state index contributed by atoms with van der Waals surface area (Å²) in [5.41, 5.74) is 0. The van der Waals surface area contributed by atoms with E-state index in [2.05, 4.69) is 5.32 Å². The minimum Gasteiger partial charge on any atom is -0.372 e. The highest BCUT2D eigenvalue weighted by Gasteiger charge is 2.57. The number of rotatable bonds is 2. The van der Waals surface area contributed by atoms with Gasteiger partial charge in [0.25, 0.3) is 10.1 Å². The van der Waals surface area contributed by atoms with E-state index in [1.54, 1.807) is 0 Å². The van der Waals surface area contributed by atoms with Gasteiger partial charge in [-0.2, -0.15) is 21.1 Å². The molecule has 3 aliphatic carbocycles. The second-order valence-corrected chi connectivity index (χ2v) is 13.8. The molecule has 14 heteroatoms. The van der Waals surface area contributed by atoms with Crippen molar-refractivity contribution in [1.29, 1.82) is 0 Å². The number of hydrogen-bond donors (Lipinski definition) is 3. The van der Waals surface area contributed by atoms with Gasteiger partial charge in [0.2, 0.25) is 0 Å². The van der Waals surface area contributed by atoms with Gasteiger partial charge in [0.05, 0.1) is 52.5 Å². The van der Waals surface area contributed by atoms with Crippen molar-refractivity contribution in [2.45, 2.75) is 110 Å². The van der Waals surface area contributed by atoms with Crippen LogP contribution in [0, 0.1) is 0 Å². The Bertz CT molecular complexity index is 953. The summed E-state index contributed by atoms with van der Waals surface area (Å²) in [4.78, 5) is 0. The quantitative estimate of drug-likeness (QED) is 0.348. The maximum absolute atomic E-state index is 12.4. The lowest BCUT2D eigenvalue weighted by Crippen LogP contribution is -2.71. The second kappa shape index (κ2) is 8.42. The van der Waals surface area contributed by atoms with Gasteiger partial charge in [0, 0.05) is 12.1 Å². The maximum Gasteiger partial charge on any atom is 0.336 e. The Labute approximate surface area is 197 Å². The molecule has 2 aliphatic heterocycles. The number of hydrogen-bond acceptors (Lipinski definition) is 7. The minimum atomic E-state index is -4.53. The minimum absolute atomic E-state index is 0.0428. The highest BCUT2D eigenvalue weighted by Crippen LogP contribution is 2.44. The number of nitrogens with zero attached hydrogens (tertiary/aromatic N) is 1. The van der Waals surface area contributed by atoms with Crippen LogP contribution < -0.4 is 5.32 Å². The number of morpholine rings is 2. The molecule has 2 saturated heterocycles. The van der Waals surface area contributed by atoms with Gasteiger partial charge in [0.15, 0.2) is 0 Å². The zero-order valence-corrected chi connectivity index (χ0v) is 20.3. The van der Waals surface area contributed by atoms with E-state index in [0.29, 0.717) is 32.1 Å². The summed E-state index contributed by atoms with van der Waals surface area (Å²) in [5.74, 6) is 0. The fourth-order valence-corrected chi connectivity index (χ4v) is 8.90. The van der Waals surface area contributed by atoms with Crippen molar-refractivity contribution < 1.29 is 35.4 Å². The first-order chi connectivity index (χ1) is 14.9. The summed E-state index contributed by atoms with van der Waals surface area (Å²) in [6, 6.07) is -1.36. The Balaban J connectivity index is 1.37. The first-order valence-electron chi connectivity index (χ1n) is 11.0. The van der Waals surface area contributed by atoms with Gasteiger partial charge in [-0.1, -0.05) is 0 Å². The fraction of sp³-hybridized carbons (Fsp3) is 1.00. The number of ether oxygens (including phenoxy) is 2. The molecule has 0 amide bonds. The standard InChI is InChI=1S/C18H28Cl2N2O8S2/c19-9-4-13-17(5-10(9)20)30-18-6-12-16(7-14(18)22(13)32(26,27)28)29-15-3-8(31(23,24)25)1-2-11(15)21-12/h8-18,21H,1-7H2,(H,23,24,25)(H,26,27,28). The van der Waals surface area contributed by atoms with E-state index in [9.17, 15) is 25.9 Å². The lowest BCUT2D eigenvalue weighted by molar-refractivity contribution is -0.193. The summed E-state index contributed by atoms with van der Waals surface area (Å²) in [6.07, 6.45) is 0.894. The highest BCUT2D eigenvalue weighted by molar-refractivity contribution is 7.86. The van der Waals surface area contributed by atoms with Crippen molar-refractivity contribution in [3.8, 4) is 0 Å². The Morgan fingerprint density at radius 1 is 0.750 bits per heavy atom. The third kappa shape index (κ3) is 4.33. The lowest BCUT2D eigenvalue weighted by atomic mass is 9.78. The zero-order valence-electron chi connectivity index (χ0n) is 17.2. The van der Waals surface area contributed by atoms with Crippen LogP contribution in [0.1, 0.15) is 44.9 Å². The lowest BCUT2D eigenvalue weighted by Gasteiger charge is -2.57. The van der Waals surface area contributed by atoms with Gasteiger partial charge in [-0.15, -0.1) is 23.2 Å². The van der Waals surface area contributed by atoms with Crippen LogP contribution >= 0.6 is 23.2 Å². The van der Waals surface area contributed by atoms with Crippen LogP contribution in [-0.4, -0.2) is 94.8 Å². The first-order valence-corrected chi connectivity index (χ1v) is 14.8. The van der Waals surface area contributed by atoms with Crippen molar-refractivity contribution >= 4 is 43.6 Å². The van der Waals surface area contributed by atoms with E-state index >= 15 is 0 Å². The third-order valence-corrected chi connectivity index (χ3v) is 11.2. The van der Waals surface area contributed by atoms with Crippen molar-refractivity contribution in [3.05, 3.63) is 0 Å².